The minimum atomic E-state index is -3.39. The van der Waals surface area contributed by atoms with Crippen molar-refractivity contribution in [2.24, 2.45) is 5.41 Å². The van der Waals surface area contributed by atoms with E-state index in [9.17, 15) is 18.3 Å². The maximum Gasteiger partial charge on any atom is 0.231 e. The Morgan fingerprint density at radius 1 is 1.43 bits per heavy atom. The number of sulfone groups is 1. The van der Waals surface area contributed by atoms with Crippen LogP contribution >= 0.6 is 0 Å². The van der Waals surface area contributed by atoms with Crippen molar-refractivity contribution in [3.63, 3.8) is 0 Å². The first-order valence-corrected chi connectivity index (χ1v) is 8.67. The van der Waals surface area contributed by atoms with Crippen LogP contribution in [0.2, 0.25) is 0 Å². The average Bonchev–Trinajstić information content (AvgIpc) is 2.40. The summed E-state index contributed by atoms with van der Waals surface area (Å²) in [5.41, 5.74) is -0.444. The van der Waals surface area contributed by atoms with Crippen molar-refractivity contribution >= 4 is 21.4 Å². The van der Waals surface area contributed by atoms with Crippen molar-refractivity contribution in [2.75, 3.05) is 24.7 Å². The second kappa shape index (κ2) is 5.65. The van der Waals surface area contributed by atoms with Gasteiger partial charge in [0.2, 0.25) is 5.91 Å². The maximum atomic E-state index is 12.4. The number of nitrogens with one attached hydrogen (secondary N) is 2. The molecule has 0 aromatic heterocycles. The Morgan fingerprint density at radius 2 is 2.14 bits per heavy atom. The molecule has 1 aromatic rings. The Kier molecular flexibility index (Phi) is 4.25. The summed E-state index contributed by atoms with van der Waals surface area (Å²) >= 11 is 0. The first-order valence-electron chi connectivity index (χ1n) is 6.78. The van der Waals surface area contributed by atoms with Gasteiger partial charge in [0.25, 0.3) is 0 Å². The Bertz CT molecular complexity index is 649. The number of benzene rings is 1. The van der Waals surface area contributed by atoms with Gasteiger partial charge in [0.1, 0.15) is 5.75 Å². The van der Waals surface area contributed by atoms with Crippen LogP contribution in [0.25, 0.3) is 0 Å². The third kappa shape index (κ3) is 3.54. The highest BCUT2D eigenvalue weighted by molar-refractivity contribution is 7.90. The molecule has 1 atom stereocenters. The molecule has 116 valence electrons. The molecule has 0 spiro atoms. The number of carbonyl (C=O) groups is 1. The Balaban J connectivity index is 2.24. The van der Waals surface area contributed by atoms with Gasteiger partial charge in [-0.2, -0.15) is 0 Å². The standard InChI is InChI=1S/C14H20N2O4S/c1-14(6-3-7-15-9-14)13(18)16-11-8-10(21(2,19)20)4-5-12(11)17/h4-5,8,15,17H,3,6-7,9H2,1-2H3,(H,16,18). The molecule has 0 radical (unpaired) electrons. The van der Waals surface area contributed by atoms with Gasteiger partial charge in [0, 0.05) is 12.8 Å². The van der Waals surface area contributed by atoms with E-state index >= 15 is 0 Å². The summed E-state index contributed by atoms with van der Waals surface area (Å²) in [6, 6.07) is 3.86. The van der Waals surface area contributed by atoms with Crippen LogP contribution in [0.15, 0.2) is 23.1 Å². The van der Waals surface area contributed by atoms with E-state index in [-0.39, 0.29) is 22.2 Å². The van der Waals surface area contributed by atoms with Gasteiger partial charge in [0.15, 0.2) is 9.84 Å². The number of hydrogen-bond donors (Lipinski definition) is 3. The highest BCUT2D eigenvalue weighted by Gasteiger charge is 2.35. The third-order valence-corrected chi connectivity index (χ3v) is 4.90. The Hall–Kier alpha value is -1.60. The van der Waals surface area contributed by atoms with Gasteiger partial charge in [-0.25, -0.2) is 8.42 Å². The molecule has 6 nitrogen and oxygen atoms in total. The Morgan fingerprint density at radius 3 is 2.71 bits per heavy atom. The van der Waals surface area contributed by atoms with E-state index in [4.69, 9.17) is 0 Å². The maximum absolute atomic E-state index is 12.4. The number of carbonyl (C=O) groups excluding carboxylic acids is 1. The first-order chi connectivity index (χ1) is 9.72. The lowest BCUT2D eigenvalue weighted by Crippen LogP contribution is -2.46. The predicted molar refractivity (Wildman–Crippen MR) is 80.1 cm³/mol. The van der Waals surface area contributed by atoms with Crippen LogP contribution in [-0.4, -0.2) is 38.8 Å². The molecule has 0 saturated carbocycles. The smallest absolute Gasteiger partial charge is 0.231 e. The summed E-state index contributed by atoms with van der Waals surface area (Å²) in [7, 11) is -3.39. The SMILES string of the molecule is CC1(C(=O)Nc2cc(S(C)(=O)=O)ccc2O)CCCNC1. The lowest BCUT2D eigenvalue weighted by Gasteiger charge is -2.32. The van der Waals surface area contributed by atoms with Crippen LogP contribution in [0, 0.1) is 5.41 Å². The van der Waals surface area contributed by atoms with Gasteiger partial charge in [-0.3, -0.25) is 4.79 Å². The molecule has 1 aliphatic heterocycles. The zero-order valence-electron chi connectivity index (χ0n) is 12.1. The fourth-order valence-electron chi connectivity index (χ4n) is 2.37. The number of aromatic hydroxyl groups is 1. The molecular formula is C14H20N2O4S. The largest absolute Gasteiger partial charge is 0.506 e. The van der Waals surface area contributed by atoms with Gasteiger partial charge in [-0.05, 0) is 44.5 Å². The summed E-state index contributed by atoms with van der Waals surface area (Å²) in [6.45, 7) is 3.30. The zero-order chi connectivity index (χ0) is 15.7. The summed E-state index contributed by atoms with van der Waals surface area (Å²) in [5, 5.41) is 15.6. The summed E-state index contributed by atoms with van der Waals surface area (Å²) in [6.07, 6.45) is 2.73. The molecule has 0 aliphatic carbocycles. The number of piperidine rings is 1. The molecule has 1 amide bonds. The summed E-state index contributed by atoms with van der Waals surface area (Å²) < 4.78 is 23.1. The Labute approximate surface area is 124 Å². The van der Waals surface area contributed by atoms with Crippen molar-refractivity contribution in [3.05, 3.63) is 18.2 Å². The molecule has 1 unspecified atom stereocenters. The van der Waals surface area contributed by atoms with Crippen LogP contribution in [0.1, 0.15) is 19.8 Å². The molecule has 1 fully saturated rings. The topological polar surface area (TPSA) is 95.5 Å². The number of rotatable bonds is 3. The second-order valence-corrected chi connectivity index (χ2v) is 7.76. The predicted octanol–water partition coefficient (Wildman–Crippen LogP) is 1.12. The van der Waals surface area contributed by atoms with Gasteiger partial charge in [-0.15, -0.1) is 0 Å². The minimum Gasteiger partial charge on any atom is -0.506 e. The zero-order valence-corrected chi connectivity index (χ0v) is 13.0. The summed E-state index contributed by atoms with van der Waals surface area (Å²) in [5.74, 6) is -0.376. The number of phenols is 1. The van der Waals surface area contributed by atoms with Crippen molar-refractivity contribution < 1.29 is 18.3 Å². The molecule has 1 aliphatic rings. The van der Waals surface area contributed by atoms with Crippen LogP contribution in [0.5, 0.6) is 5.75 Å². The minimum absolute atomic E-state index is 0.0579. The molecule has 3 N–H and O–H groups in total. The van der Waals surface area contributed by atoms with Crippen molar-refractivity contribution in [3.8, 4) is 5.75 Å². The van der Waals surface area contributed by atoms with Gasteiger partial charge < -0.3 is 15.7 Å². The second-order valence-electron chi connectivity index (χ2n) is 5.75. The highest BCUT2D eigenvalue weighted by atomic mass is 32.2. The van der Waals surface area contributed by atoms with Crippen LogP contribution in [0.4, 0.5) is 5.69 Å². The molecule has 2 rings (SSSR count). The number of anilines is 1. The fourth-order valence-corrected chi connectivity index (χ4v) is 3.02. The van der Waals surface area contributed by atoms with E-state index in [2.05, 4.69) is 10.6 Å². The van der Waals surface area contributed by atoms with Crippen LogP contribution < -0.4 is 10.6 Å². The van der Waals surface area contributed by atoms with Crippen molar-refractivity contribution in [1.29, 1.82) is 0 Å². The highest BCUT2D eigenvalue weighted by Crippen LogP contribution is 2.31. The van der Waals surface area contributed by atoms with Gasteiger partial charge >= 0.3 is 0 Å². The van der Waals surface area contributed by atoms with Crippen molar-refractivity contribution in [1.82, 2.24) is 5.32 Å². The normalized spacial score (nSPS) is 22.8. The third-order valence-electron chi connectivity index (χ3n) is 3.79. The lowest BCUT2D eigenvalue weighted by atomic mass is 9.82. The number of amides is 1. The first kappa shape index (κ1) is 15.8. The van der Waals surface area contributed by atoms with E-state index in [0.717, 1.165) is 25.6 Å². The van der Waals surface area contributed by atoms with Gasteiger partial charge in [-0.1, -0.05) is 0 Å². The van der Waals surface area contributed by atoms with E-state index in [1.807, 2.05) is 6.92 Å². The number of phenolic OH excluding ortho intramolecular Hbond substituents is 1. The monoisotopic (exact) mass is 312 g/mol. The summed E-state index contributed by atoms with van der Waals surface area (Å²) in [4.78, 5) is 12.4. The molecule has 0 bridgehead atoms. The molecule has 1 heterocycles. The molecular weight excluding hydrogens is 292 g/mol. The fraction of sp³-hybridized carbons (Fsp3) is 0.500. The van der Waals surface area contributed by atoms with Crippen molar-refractivity contribution in [2.45, 2.75) is 24.7 Å². The number of hydrogen-bond acceptors (Lipinski definition) is 5. The molecule has 1 aromatic carbocycles. The van der Waals surface area contributed by atoms with E-state index in [1.165, 1.54) is 18.2 Å². The van der Waals surface area contributed by atoms with E-state index in [0.29, 0.717) is 6.54 Å². The molecule has 21 heavy (non-hydrogen) atoms. The van der Waals surface area contributed by atoms with E-state index in [1.54, 1.807) is 0 Å². The van der Waals surface area contributed by atoms with E-state index < -0.39 is 15.3 Å². The molecule has 7 heteroatoms. The van der Waals surface area contributed by atoms with Gasteiger partial charge in [0.05, 0.1) is 16.0 Å². The quantitative estimate of drug-likeness (QED) is 0.727. The van der Waals surface area contributed by atoms with Crippen LogP contribution in [-0.2, 0) is 14.6 Å². The average molecular weight is 312 g/mol. The molecule has 1 saturated heterocycles. The van der Waals surface area contributed by atoms with Crippen LogP contribution in [0.3, 0.4) is 0 Å². The lowest BCUT2D eigenvalue weighted by molar-refractivity contribution is -0.125.